The fraction of sp³-hybridized carbons (Fsp3) is 0.529. The normalized spacial score (nSPS) is 11.2. The lowest BCUT2D eigenvalue weighted by molar-refractivity contribution is 0.826. The van der Waals surface area contributed by atoms with Crippen LogP contribution in [0.5, 0.6) is 0 Å². The van der Waals surface area contributed by atoms with E-state index < -0.39 is 0 Å². The van der Waals surface area contributed by atoms with E-state index >= 15 is 0 Å². The van der Waals surface area contributed by atoms with Crippen molar-refractivity contribution >= 4 is 17.2 Å². The van der Waals surface area contributed by atoms with Crippen LogP contribution in [0.25, 0.3) is 11.4 Å². The van der Waals surface area contributed by atoms with Crippen molar-refractivity contribution in [2.45, 2.75) is 53.9 Å². The number of hydrogen-bond acceptors (Lipinski definition) is 4. The second kappa shape index (κ2) is 6.56. The standard InChI is InChI=1S/C17H25N3S/c1-7-8-18-17-15(10(2)3)12(5)19-16(20-17)14-9-11(4)21-13(14)6/h9-10H,7-8H2,1-6H3,(H,18,19,20). The number of nitrogens with zero attached hydrogens (tertiary/aromatic N) is 2. The van der Waals surface area contributed by atoms with E-state index in [0.29, 0.717) is 5.92 Å². The van der Waals surface area contributed by atoms with Crippen molar-refractivity contribution in [1.82, 2.24) is 9.97 Å². The smallest absolute Gasteiger partial charge is 0.162 e. The first-order valence-corrected chi connectivity index (χ1v) is 8.45. The molecule has 2 aromatic heterocycles. The van der Waals surface area contributed by atoms with Crippen molar-refractivity contribution in [3.8, 4) is 11.4 Å². The molecule has 0 aliphatic heterocycles. The van der Waals surface area contributed by atoms with Gasteiger partial charge in [-0.2, -0.15) is 0 Å². The summed E-state index contributed by atoms with van der Waals surface area (Å²) in [4.78, 5) is 12.2. The highest BCUT2D eigenvalue weighted by molar-refractivity contribution is 7.12. The zero-order valence-electron chi connectivity index (χ0n) is 13.9. The highest BCUT2D eigenvalue weighted by Crippen LogP contribution is 2.32. The number of thiophene rings is 1. The highest BCUT2D eigenvalue weighted by Gasteiger charge is 2.17. The molecule has 0 spiro atoms. The largest absolute Gasteiger partial charge is 0.370 e. The Balaban J connectivity index is 2.54. The molecule has 0 aromatic carbocycles. The molecule has 4 heteroatoms. The predicted octanol–water partition coefficient (Wildman–Crippen LogP) is 5.08. The molecular weight excluding hydrogens is 278 g/mol. The van der Waals surface area contributed by atoms with E-state index in [0.717, 1.165) is 35.9 Å². The SMILES string of the molecule is CCCNc1nc(-c2cc(C)sc2C)nc(C)c1C(C)C. The molecular formula is C17H25N3S. The second-order valence-corrected chi connectivity index (χ2v) is 7.26. The van der Waals surface area contributed by atoms with Gasteiger partial charge in [0.2, 0.25) is 0 Å². The Morgan fingerprint density at radius 3 is 2.43 bits per heavy atom. The molecule has 1 N–H and O–H groups in total. The van der Waals surface area contributed by atoms with E-state index in [1.165, 1.54) is 15.3 Å². The van der Waals surface area contributed by atoms with Crippen molar-refractivity contribution in [2.75, 3.05) is 11.9 Å². The van der Waals surface area contributed by atoms with E-state index in [2.05, 4.69) is 52.9 Å². The van der Waals surface area contributed by atoms with Crippen LogP contribution in [0, 0.1) is 20.8 Å². The summed E-state index contributed by atoms with van der Waals surface area (Å²) in [6, 6.07) is 2.19. The molecule has 0 saturated carbocycles. The van der Waals surface area contributed by atoms with Gasteiger partial charge in [0.05, 0.1) is 0 Å². The molecule has 0 atom stereocenters. The molecule has 3 nitrogen and oxygen atoms in total. The molecule has 0 aliphatic rings. The van der Waals surface area contributed by atoms with Crippen LogP contribution < -0.4 is 5.32 Å². The van der Waals surface area contributed by atoms with Gasteiger partial charge >= 0.3 is 0 Å². The van der Waals surface area contributed by atoms with Gasteiger partial charge in [-0.3, -0.25) is 0 Å². The Bertz CT molecular complexity index is 629. The molecule has 2 heterocycles. The molecule has 114 valence electrons. The quantitative estimate of drug-likeness (QED) is 0.837. The number of aromatic nitrogens is 2. The molecule has 0 bridgehead atoms. The van der Waals surface area contributed by atoms with E-state index in [-0.39, 0.29) is 0 Å². The van der Waals surface area contributed by atoms with Crippen LogP contribution >= 0.6 is 11.3 Å². The maximum Gasteiger partial charge on any atom is 0.162 e. The van der Waals surface area contributed by atoms with Crippen molar-refractivity contribution < 1.29 is 0 Å². The summed E-state index contributed by atoms with van der Waals surface area (Å²) in [6.45, 7) is 13.9. The predicted molar refractivity (Wildman–Crippen MR) is 92.4 cm³/mol. The molecule has 0 unspecified atom stereocenters. The molecule has 0 radical (unpaired) electrons. The maximum atomic E-state index is 4.82. The van der Waals surface area contributed by atoms with Crippen LogP contribution in [0.4, 0.5) is 5.82 Å². The van der Waals surface area contributed by atoms with Crippen LogP contribution in [-0.4, -0.2) is 16.5 Å². The first kappa shape index (κ1) is 16.0. The summed E-state index contributed by atoms with van der Waals surface area (Å²) < 4.78 is 0. The summed E-state index contributed by atoms with van der Waals surface area (Å²) in [5, 5.41) is 3.47. The van der Waals surface area contributed by atoms with Gasteiger partial charge in [-0.1, -0.05) is 20.8 Å². The van der Waals surface area contributed by atoms with Gasteiger partial charge in [-0.05, 0) is 39.2 Å². The summed E-state index contributed by atoms with van der Waals surface area (Å²) in [6.07, 6.45) is 1.09. The van der Waals surface area contributed by atoms with Gasteiger partial charge in [0.1, 0.15) is 5.82 Å². The maximum absolute atomic E-state index is 4.82. The van der Waals surface area contributed by atoms with Gasteiger partial charge < -0.3 is 5.32 Å². The first-order chi connectivity index (χ1) is 9.93. The van der Waals surface area contributed by atoms with Gasteiger partial charge in [-0.25, -0.2) is 9.97 Å². The minimum absolute atomic E-state index is 0.420. The van der Waals surface area contributed by atoms with E-state index in [1.807, 2.05) is 0 Å². The highest BCUT2D eigenvalue weighted by atomic mass is 32.1. The van der Waals surface area contributed by atoms with Crippen LogP contribution in [0.15, 0.2) is 6.07 Å². The molecule has 2 aromatic rings. The van der Waals surface area contributed by atoms with Gasteiger partial charge in [0, 0.05) is 33.1 Å². The number of nitrogens with one attached hydrogen (secondary N) is 1. The summed E-state index contributed by atoms with van der Waals surface area (Å²) >= 11 is 1.80. The number of rotatable bonds is 5. The Hall–Kier alpha value is -1.42. The zero-order chi connectivity index (χ0) is 15.6. The van der Waals surface area contributed by atoms with Gasteiger partial charge in [-0.15, -0.1) is 11.3 Å². The fourth-order valence-corrected chi connectivity index (χ4v) is 3.54. The Morgan fingerprint density at radius 1 is 1.19 bits per heavy atom. The van der Waals surface area contributed by atoms with Crippen LogP contribution in [0.3, 0.4) is 0 Å². The van der Waals surface area contributed by atoms with Gasteiger partial charge in [0.25, 0.3) is 0 Å². The lowest BCUT2D eigenvalue weighted by atomic mass is 10.0. The molecule has 21 heavy (non-hydrogen) atoms. The molecule has 2 rings (SSSR count). The fourth-order valence-electron chi connectivity index (χ4n) is 2.62. The average Bonchev–Trinajstić information content (AvgIpc) is 2.74. The molecule has 0 saturated heterocycles. The third-order valence-electron chi connectivity index (χ3n) is 3.54. The minimum atomic E-state index is 0.420. The Labute approximate surface area is 131 Å². The Morgan fingerprint density at radius 2 is 1.90 bits per heavy atom. The van der Waals surface area contributed by atoms with Crippen molar-refractivity contribution in [1.29, 1.82) is 0 Å². The van der Waals surface area contributed by atoms with E-state index in [4.69, 9.17) is 9.97 Å². The van der Waals surface area contributed by atoms with Crippen molar-refractivity contribution in [3.05, 3.63) is 27.1 Å². The van der Waals surface area contributed by atoms with Crippen LogP contribution in [0.2, 0.25) is 0 Å². The summed E-state index contributed by atoms with van der Waals surface area (Å²) in [7, 11) is 0. The average molecular weight is 303 g/mol. The third-order valence-corrected chi connectivity index (χ3v) is 4.50. The zero-order valence-corrected chi connectivity index (χ0v) is 14.7. The molecule has 0 aliphatic carbocycles. The molecule has 0 fully saturated rings. The van der Waals surface area contributed by atoms with Gasteiger partial charge in [0.15, 0.2) is 5.82 Å². The Kier molecular flexibility index (Phi) is 4.99. The van der Waals surface area contributed by atoms with Crippen LogP contribution in [0.1, 0.15) is 54.1 Å². The topological polar surface area (TPSA) is 37.8 Å². The summed E-state index contributed by atoms with van der Waals surface area (Å²) in [5.41, 5.74) is 3.48. The third kappa shape index (κ3) is 3.43. The molecule has 0 amide bonds. The lowest BCUT2D eigenvalue weighted by Crippen LogP contribution is -2.10. The monoisotopic (exact) mass is 303 g/mol. The second-order valence-electron chi connectivity index (χ2n) is 5.80. The number of anilines is 1. The van der Waals surface area contributed by atoms with Crippen LogP contribution in [-0.2, 0) is 0 Å². The number of aryl methyl sites for hydroxylation is 3. The summed E-state index contributed by atoms with van der Waals surface area (Å²) in [5.74, 6) is 2.26. The first-order valence-electron chi connectivity index (χ1n) is 7.63. The van der Waals surface area contributed by atoms with E-state index in [1.54, 1.807) is 11.3 Å². The minimum Gasteiger partial charge on any atom is -0.370 e. The number of hydrogen-bond donors (Lipinski definition) is 1. The lowest BCUT2D eigenvalue weighted by Gasteiger charge is -2.17. The van der Waals surface area contributed by atoms with Crippen molar-refractivity contribution in [3.63, 3.8) is 0 Å². The van der Waals surface area contributed by atoms with Crippen molar-refractivity contribution in [2.24, 2.45) is 0 Å². The van der Waals surface area contributed by atoms with E-state index in [9.17, 15) is 0 Å².